The van der Waals surface area contributed by atoms with Crippen LogP contribution in [-0.4, -0.2) is 77.7 Å². The lowest BCUT2D eigenvalue weighted by Gasteiger charge is -2.33. The Morgan fingerprint density at radius 3 is 2.30 bits per heavy atom. The fraction of sp³-hybridized carbons (Fsp3) is 0.455. The first-order chi connectivity index (χ1) is 21.5. The van der Waals surface area contributed by atoms with Gasteiger partial charge in [0.05, 0.1) is 39.3 Å². The Balaban J connectivity index is 0.00000384. The average molecular weight is 694 g/mol. The van der Waals surface area contributed by atoms with E-state index in [1.165, 1.54) is 6.33 Å². The van der Waals surface area contributed by atoms with Crippen molar-refractivity contribution in [1.29, 1.82) is 0 Å². The summed E-state index contributed by atoms with van der Waals surface area (Å²) >= 11 is 0. The molecule has 3 amide bonds. The van der Waals surface area contributed by atoms with Crippen molar-refractivity contribution in [1.82, 2.24) is 19.8 Å². The fourth-order valence-corrected chi connectivity index (χ4v) is 5.02. The van der Waals surface area contributed by atoms with Crippen LogP contribution < -0.4 is 25.8 Å². The van der Waals surface area contributed by atoms with Gasteiger partial charge < -0.3 is 40.0 Å². The molecule has 2 heterocycles. The van der Waals surface area contributed by atoms with Crippen molar-refractivity contribution in [3.05, 3.63) is 72.2 Å². The van der Waals surface area contributed by atoms with Crippen molar-refractivity contribution in [2.75, 3.05) is 39.2 Å². The zero-order chi connectivity index (χ0) is 32.6. The lowest BCUT2D eigenvalue weighted by molar-refractivity contribution is -0.135. The summed E-state index contributed by atoms with van der Waals surface area (Å²) in [5.74, 6) is 0.663. The molecule has 1 fully saturated rings. The van der Waals surface area contributed by atoms with E-state index < -0.39 is 29.4 Å². The number of amides is 3. The van der Waals surface area contributed by atoms with E-state index in [4.69, 9.17) is 19.9 Å². The molecule has 0 saturated carbocycles. The lowest BCUT2D eigenvalue weighted by Crippen LogP contribution is -2.56. The summed E-state index contributed by atoms with van der Waals surface area (Å²) in [5.41, 5.74) is 6.37. The minimum absolute atomic E-state index is 0. The Hall–Kier alpha value is -3.84. The lowest BCUT2D eigenvalue weighted by atomic mass is 9.97. The molecule has 1 aliphatic rings. The smallest absolute Gasteiger partial charge is 0.250 e. The van der Waals surface area contributed by atoms with Gasteiger partial charge in [-0.3, -0.25) is 14.4 Å². The van der Waals surface area contributed by atoms with E-state index >= 15 is 0 Å². The van der Waals surface area contributed by atoms with Crippen LogP contribution in [0.4, 0.5) is 5.82 Å². The molecule has 0 aliphatic carbocycles. The first kappa shape index (κ1) is 39.3. The Bertz CT molecular complexity index is 1460. The van der Waals surface area contributed by atoms with E-state index in [1.54, 1.807) is 51.0 Å². The standard InChI is InChI=1S/C33H44N6O6.2ClH/c1-22-13-15-38(16-14-22)31(41)29(24-11-12-26(43-4)27(17-24)44-5)39-18-28(35-21-39)37-30(40)25(36-32(42)33(2,3)34)20-45-19-23-9-7-6-8-10-23;;/h6-12,17-18,21-22,25,29H,13-16,19-20,34H2,1-5H3,(H,36,42)(H,37,40);2*1H/t25-,29?;;/m1../s1. The largest absolute Gasteiger partial charge is 0.493 e. The summed E-state index contributed by atoms with van der Waals surface area (Å²) in [6.45, 7) is 6.77. The first-order valence-corrected chi connectivity index (χ1v) is 15.1. The molecule has 1 saturated heterocycles. The summed E-state index contributed by atoms with van der Waals surface area (Å²) in [6.07, 6.45) is 4.95. The van der Waals surface area contributed by atoms with Gasteiger partial charge in [0.25, 0.3) is 5.91 Å². The Kier molecular flexibility index (Phi) is 15.0. The van der Waals surface area contributed by atoms with Crippen LogP contribution in [0, 0.1) is 5.92 Å². The van der Waals surface area contributed by atoms with Gasteiger partial charge >= 0.3 is 0 Å². The topological polar surface area (TPSA) is 150 Å². The van der Waals surface area contributed by atoms with Crippen LogP contribution in [-0.2, 0) is 25.7 Å². The number of carbonyl (C=O) groups excluding carboxylic acids is 3. The highest BCUT2D eigenvalue weighted by atomic mass is 35.5. The molecule has 47 heavy (non-hydrogen) atoms. The van der Waals surface area contributed by atoms with Crippen LogP contribution in [0.1, 0.15) is 50.8 Å². The summed E-state index contributed by atoms with van der Waals surface area (Å²) in [7, 11) is 3.09. The monoisotopic (exact) mass is 692 g/mol. The van der Waals surface area contributed by atoms with Gasteiger partial charge in [-0.2, -0.15) is 0 Å². The van der Waals surface area contributed by atoms with Gasteiger partial charge in [0.1, 0.15) is 12.1 Å². The molecule has 0 radical (unpaired) electrons. The zero-order valence-electron chi connectivity index (χ0n) is 27.4. The molecule has 1 aromatic heterocycles. The number of hydrogen-bond donors (Lipinski definition) is 3. The van der Waals surface area contributed by atoms with E-state index in [1.807, 2.05) is 41.3 Å². The average Bonchev–Trinajstić information content (AvgIpc) is 3.48. The number of nitrogens with zero attached hydrogens (tertiary/aromatic N) is 3. The number of rotatable bonds is 13. The number of nitrogens with two attached hydrogens (primary N) is 1. The van der Waals surface area contributed by atoms with E-state index in [0.29, 0.717) is 36.1 Å². The van der Waals surface area contributed by atoms with Gasteiger partial charge in [0, 0.05) is 19.3 Å². The maximum Gasteiger partial charge on any atom is 0.250 e. The minimum atomic E-state index is -1.21. The van der Waals surface area contributed by atoms with Crippen molar-refractivity contribution in [2.45, 2.75) is 57.8 Å². The number of carbonyl (C=O) groups is 3. The minimum Gasteiger partial charge on any atom is -0.493 e. The molecular weight excluding hydrogens is 647 g/mol. The number of imidazole rings is 1. The Labute approximate surface area is 288 Å². The molecule has 2 atom stereocenters. The summed E-state index contributed by atoms with van der Waals surface area (Å²) < 4.78 is 18.4. The predicted molar refractivity (Wildman–Crippen MR) is 184 cm³/mol. The Morgan fingerprint density at radius 1 is 1.02 bits per heavy atom. The fourth-order valence-electron chi connectivity index (χ4n) is 5.02. The van der Waals surface area contributed by atoms with Crippen LogP contribution >= 0.6 is 24.8 Å². The summed E-state index contributed by atoms with van der Waals surface area (Å²) in [5, 5.41) is 5.45. The third-order valence-corrected chi connectivity index (χ3v) is 7.81. The third-order valence-electron chi connectivity index (χ3n) is 7.81. The second-order valence-corrected chi connectivity index (χ2v) is 12.0. The second kappa shape index (κ2) is 17.9. The molecule has 1 unspecified atom stereocenters. The molecule has 258 valence electrons. The van der Waals surface area contributed by atoms with Crippen LogP contribution in [0.15, 0.2) is 61.1 Å². The van der Waals surface area contributed by atoms with Crippen LogP contribution in [0.5, 0.6) is 11.5 Å². The van der Waals surface area contributed by atoms with Crippen molar-refractivity contribution in [2.24, 2.45) is 11.7 Å². The number of benzene rings is 2. The number of likely N-dealkylation sites (tertiary alicyclic amines) is 1. The molecule has 14 heteroatoms. The highest BCUT2D eigenvalue weighted by Crippen LogP contribution is 2.33. The number of anilines is 1. The van der Waals surface area contributed by atoms with Gasteiger partial charge in [0.15, 0.2) is 17.3 Å². The molecule has 12 nitrogen and oxygen atoms in total. The number of piperidine rings is 1. The molecule has 4 N–H and O–H groups in total. The van der Waals surface area contributed by atoms with E-state index in [0.717, 1.165) is 18.4 Å². The van der Waals surface area contributed by atoms with Gasteiger partial charge in [-0.15, -0.1) is 24.8 Å². The number of nitrogens with one attached hydrogen (secondary N) is 2. The van der Waals surface area contributed by atoms with Gasteiger partial charge in [-0.1, -0.05) is 43.3 Å². The number of aromatic nitrogens is 2. The van der Waals surface area contributed by atoms with Gasteiger partial charge in [-0.05, 0) is 55.9 Å². The Morgan fingerprint density at radius 2 is 1.68 bits per heavy atom. The highest BCUT2D eigenvalue weighted by molar-refractivity contribution is 5.98. The highest BCUT2D eigenvalue weighted by Gasteiger charge is 2.32. The predicted octanol–water partition coefficient (Wildman–Crippen LogP) is 3.97. The van der Waals surface area contributed by atoms with E-state index in [-0.39, 0.29) is 49.8 Å². The molecule has 1 aliphatic heterocycles. The maximum atomic E-state index is 14.0. The number of methoxy groups -OCH3 is 2. The SMILES string of the molecule is COc1ccc(C(C(=O)N2CCC(C)CC2)n2cnc(NC(=O)[C@@H](COCc3ccccc3)NC(=O)C(C)(C)N)c2)cc1OC.Cl.Cl. The normalized spacial score (nSPS) is 14.6. The first-order valence-electron chi connectivity index (χ1n) is 15.1. The number of hydrogen-bond acceptors (Lipinski definition) is 8. The van der Waals surface area contributed by atoms with Crippen molar-refractivity contribution >= 4 is 48.4 Å². The van der Waals surface area contributed by atoms with Crippen molar-refractivity contribution in [3.8, 4) is 11.5 Å². The zero-order valence-corrected chi connectivity index (χ0v) is 29.1. The molecular formula is C33H46Cl2N6O6. The second-order valence-electron chi connectivity index (χ2n) is 12.0. The number of halogens is 2. The van der Waals surface area contributed by atoms with Crippen LogP contribution in [0.25, 0.3) is 0 Å². The molecule has 2 aromatic carbocycles. The van der Waals surface area contributed by atoms with Crippen molar-refractivity contribution in [3.63, 3.8) is 0 Å². The summed E-state index contributed by atoms with van der Waals surface area (Å²) in [4.78, 5) is 46.4. The molecule has 0 spiro atoms. The van der Waals surface area contributed by atoms with Gasteiger partial charge in [-0.25, -0.2) is 4.98 Å². The quantitative estimate of drug-likeness (QED) is 0.244. The molecule has 4 rings (SSSR count). The number of ether oxygens (including phenoxy) is 3. The molecule has 3 aromatic rings. The van der Waals surface area contributed by atoms with E-state index in [9.17, 15) is 14.4 Å². The van der Waals surface area contributed by atoms with Crippen molar-refractivity contribution < 1.29 is 28.6 Å². The van der Waals surface area contributed by atoms with E-state index in [2.05, 4.69) is 22.5 Å². The summed E-state index contributed by atoms with van der Waals surface area (Å²) in [6, 6.07) is 13.0. The molecule has 0 bridgehead atoms. The van der Waals surface area contributed by atoms with Gasteiger partial charge in [0.2, 0.25) is 11.8 Å². The third kappa shape index (κ3) is 10.6. The van der Waals surface area contributed by atoms with Crippen LogP contribution in [0.3, 0.4) is 0 Å². The van der Waals surface area contributed by atoms with Crippen LogP contribution in [0.2, 0.25) is 0 Å². The maximum absolute atomic E-state index is 14.0.